The third-order valence-corrected chi connectivity index (χ3v) is 2.56. The van der Waals surface area contributed by atoms with Crippen LogP contribution in [0.1, 0.15) is 19.5 Å². The van der Waals surface area contributed by atoms with E-state index in [9.17, 15) is 9.59 Å². The zero-order valence-electron chi connectivity index (χ0n) is 10.3. The minimum Gasteiger partial charge on any atom is -0.476 e. The lowest BCUT2D eigenvalue weighted by atomic mass is 10.3. The van der Waals surface area contributed by atoms with E-state index in [0.29, 0.717) is 0 Å². The van der Waals surface area contributed by atoms with E-state index in [1.54, 1.807) is 6.92 Å². The molecule has 1 rings (SSSR count). The molecule has 0 fully saturated rings. The number of thiazole rings is 1. The van der Waals surface area contributed by atoms with Crippen LogP contribution in [-0.2, 0) is 19.2 Å². The highest BCUT2D eigenvalue weighted by Crippen LogP contribution is 2.12. The number of carbonyl (C=O) groups is 2. The van der Waals surface area contributed by atoms with Gasteiger partial charge in [-0.2, -0.15) is 0 Å². The topological polar surface area (TPSA) is 124 Å². The summed E-state index contributed by atoms with van der Waals surface area (Å²) in [5.74, 6) is -1.96. The van der Waals surface area contributed by atoms with E-state index >= 15 is 0 Å². The molecule has 0 amide bonds. The van der Waals surface area contributed by atoms with E-state index in [1.165, 1.54) is 12.3 Å². The second-order valence-corrected chi connectivity index (χ2v) is 4.21. The Morgan fingerprint density at radius 2 is 2.32 bits per heavy atom. The molecule has 104 valence electrons. The Kier molecular flexibility index (Phi) is 5.24. The van der Waals surface area contributed by atoms with Crippen LogP contribution in [0, 0.1) is 0 Å². The van der Waals surface area contributed by atoms with Crippen LogP contribution in [0.15, 0.2) is 10.5 Å². The fourth-order valence-corrected chi connectivity index (χ4v) is 1.57. The molecule has 1 atom stereocenters. The van der Waals surface area contributed by atoms with Gasteiger partial charge in [0.15, 0.2) is 5.13 Å². The molecule has 1 aromatic heterocycles. The lowest BCUT2D eigenvalue weighted by Crippen LogP contribution is -2.23. The molecule has 19 heavy (non-hydrogen) atoms. The van der Waals surface area contributed by atoms with Crippen LogP contribution in [0.5, 0.6) is 0 Å². The zero-order valence-corrected chi connectivity index (χ0v) is 11.1. The summed E-state index contributed by atoms with van der Waals surface area (Å²) in [7, 11) is 0. The molecule has 9 heteroatoms. The molecule has 0 aliphatic heterocycles. The number of oxime groups is 1. The van der Waals surface area contributed by atoms with Gasteiger partial charge >= 0.3 is 11.9 Å². The molecule has 3 N–H and O–H groups in total. The summed E-state index contributed by atoms with van der Waals surface area (Å²) in [6.45, 7) is 3.25. The number of ether oxygens (including phenoxy) is 1. The SMILES string of the molecule is CCOC(=O)C(C)O/N=C(/C(=O)O)c1csc(N)n1. The number of carboxylic acids is 1. The van der Waals surface area contributed by atoms with E-state index < -0.39 is 23.8 Å². The molecule has 0 aliphatic carbocycles. The van der Waals surface area contributed by atoms with Crippen molar-refractivity contribution in [3.63, 3.8) is 0 Å². The third-order valence-electron chi connectivity index (χ3n) is 1.89. The molecule has 0 aliphatic rings. The number of aromatic nitrogens is 1. The average molecular weight is 287 g/mol. The number of rotatable bonds is 6. The number of carboxylic acid groups (broad SMARTS) is 1. The van der Waals surface area contributed by atoms with Gasteiger partial charge in [-0.25, -0.2) is 14.6 Å². The molecule has 0 aromatic carbocycles. The van der Waals surface area contributed by atoms with Gasteiger partial charge in [-0.15, -0.1) is 11.3 Å². The first-order chi connectivity index (χ1) is 8.95. The maximum Gasteiger partial charge on any atom is 0.360 e. The predicted octanol–water partition coefficient (Wildman–Crippen LogP) is 0.482. The number of nitrogens with zero attached hydrogens (tertiary/aromatic N) is 2. The van der Waals surface area contributed by atoms with Crippen LogP contribution >= 0.6 is 11.3 Å². The van der Waals surface area contributed by atoms with Crippen molar-refractivity contribution in [3.05, 3.63) is 11.1 Å². The van der Waals surface area contributed by atoms with E-state index in [2.05, 4.69) is 10.1 Å². The van der Waals surface area contributed by atoms with Gasteiger partial charge in [0.2, 0.25) is 11.8 Å². The number of hydrogen-bond donors (Lipinski definition) is 2. The summed E-state index contributed by atoms with van der Waals surface area (Å²) in [5.41, 5.74) is 5.05. The van der Waals surface area contributed by atoms with Gasteiger partial charge in [-0.05, 0) is 13.8 Å². The first-order valence-corrected chi connectivity index (χ1v) is 6.18. The van der Waals surface area contributed by atoms with Crippen molar-refractivity contribution in [2.24, 2.45) is 5.16 Å². The second-order valence-electron chi connectivity index (χ2n) is 3.32. The monoisotopic (exact) mass is 287 g/mol. The van der Waals surface area contributed by atoms with Crippen molar-refractivity contribution in [3.8, 4) is 0 Å². The maximum atomic E-state index is 11.3. The first-order valence-electron chi connectivity index (χ1n) is 5.30. The van der Waals surface area contributed by atoms with Crippen LogP contribution in [0.4, 0.5) is 5.13 Å². The number of nitrogens with two attached hydrogens (primary N) is 1. The largest absolute Gasteiger partial charge is 0.476 e. The van der Waals surface area contributed by atoms with E-state index in [4.69, 9.17) is 20.4 Å². The molecule has 0 saturated carbocycles. The Bertz CT molecular complexity index is 499. The van der Waals surface area contributed by atoms with Crippen molar-refractivity contribution >= 4 is 34.1 Å². The van der Waals surface area contributed by atoms with Gasteiger partial charge in [-0.1, -0.05) is 5.16 Å². The molecule has 0 saturated heterocycles. The highest BCUT2D eigenvalue weighted by molar-refractivity contribution is 7.13. The molecule has 1 aromatic rings. The number of aliphatic carboxylic acids is 1. The Morgan fingerprint density at radius 3 is 2.79 bits per heavy atom. The second kappa shape index (κ2) is 6.69. The van der Waals surface area contributed by atoms with Crippen molar-refractivity contribution in [2.45, 2.75) is 20.0 Å². The Labute approximate surface area is 112 Å². The number of esters is 1. The van der Waals surface area contributed by atoms with Crippen LogP contribution < -0.4 is 5.73 Å². The first kappa shape index (κ1) is 14.9. The van der Waals surface area contributed by atoms with Crippen molar-refractivity contribution in [2.75, 3.05) is 12.3 Å². The minimum atomic E-state index is -1.33. The smallest absolute Gasteiger partial charge is 0.360 e. The Morgan fingerprint density at radius 1 is 1.63 bits per heavy atom. The van der Waals surface area contributed by atoms with Gasteiger partial charge in [-0.3, -0.25) is 0 Å². The molecule has 0 spiro atoms. The minimum absolute atomic E-state index is 0.0751. The van der Waals surface area contributed by atoms with Crippen LogP contribution in [0.2, 0.25) is 0 Å². The summed E-state index contributed by atoms with van der Waals surface area (Å²) in [6.07, 6.45) is -1.01. The van der Waals surface area contributed by atoms with Gasteiger partial charge in [0, 0.05) is 5.38 Å². The van der Waals surface area contributed by atoms with Crippen molar-refractivity contribution < 1.29 is 24.3 Å². The molecule has 0 radical (unpaired) electrons. The fraction of sp³-hybridized carbons (Fsp3) is 0.400. The third kappa shape index (κ3) is 4.21. The molecule has 0 bridgehead atoms. The number of nitrogen functional groups attached to an aromatic ring is 1. The van der Waals surface area contributed by atoms with Gasteiger partial charge in [0.05, 0.1) is 6.61 Å². The van der Waals surface area contributed by atoms with Crippen LogP contribution in [0.25, 0.3) is 0 Å². The maximum absolute atomic E-state index is 11.3. The average Bonchev–Trinajstić information content (AvgIpc) is 2.75. The number of carbonyl (C=O) groups excluding carboxylic acids is 1. The molecule has 1 unspecified atom stereocenters. The van der Waals surface area contributed by atoms with E-state index in [-0.39, 0.29) is 17.4 Å². The molecular formula is C10H13N3O5S. The van der Waals surface area contributed by atoms with E-state index in [1.807, 2.05) is 0 Å². The highest BCUT2D eigenvalue weighted by Gasteiger charge is 2.20. The van der Waals surface area contributed by atoms with Gasteiger partial charge in [0.25, 0.3) is 0 Å². The number of hydrogen-bond acceptors (Lipinski definition) is 8. The Hall–Kier alpha value is -2.16. The van der Waals surface area contributed by atoms with E-state index in [0.717, 1.165) is 11.3 Å². The zero-order chi connectivity index (χ0) is 14.4. The molecule has 1 heterocycles. The summed E-state index contributed by atoms with van der Waals surface area (Å²) in [4.78, 5) is 30.9. The van der Waals surface area contributed by atoms with Crippen molar-refractivity contribution in [1.82, 2.24) is 4.98 Å². The molecular weight excluding hydrogens is 274 g/mol. The van der Waals surface area contributed by atoms with Gasteiger partial charge in [0.1, 0.15) is 5.69 Å². The quantitative estimate of drug-likeness (QED) is 0.443. The lowest BCUT2D eigenvalue weighted by Gasteiger charge is -2.08. The highest BCUT2D eigenvalue weighted by atomic mass is 32.1. The molecule has 8 nitrogen and oxygen atoms in total. The Balaban J connectivity index is 2.80. The van der Waals surface area contributed by atoms with Crippen LogP contribution in [0.3, 0.4) is 0 Å². The van der Waals surface area contributed by atoms with Gasteiger partial charge < -0.3 is 20.4 Å². The summed E-state index contributed by atoms with van der Waals surface area (Å²) < 4.78 is 4.69. The predicted molar refractivity (Wildman–Crippen MR) is 67.9 cm³/mol. The summed E-state index contributed by atoms with van der Waals surface area (Å²) >= 11 is 1.07. The van der Waals surface area contributed by atoms with Crippen molar-refractivity contribution in [1.29, 1.82) is 0 Å². The normalized spacial score (nSPS) is 12.8. The lowest BCUT2D eigenvalue weighted by molar-refractivity contribution is -0.155. The summed E-state index contributed by atoms with van der Waals surface area (Å²) in [6, 6.07) is 0. The standard InChI is InChI=1S/C10H13N3O5S/c1-3-17-9(16)5(2)18-13-7(8(14)15)6-4-19-10(11)12-6/h4-5H,3H2,1-2H3,(H2,11,12)(H,14,15)/b13-7+. The fourth-order valence-electron chi connectivity index (χ4n) is 1.03. The van der Waals surface area contributed by atoms with Crippen LogP contribution in [-0.4, -0.2) is 40.5 Å². The summed E-state index contributed by atoms with van der Waals surface area (Å²) in [5, 5.41) is 14.0. The number of anilines is 1.